The zero-order valence-corrected chi connectivity index (χ0v) is 12.7. The molecule has 1 aromatic heterocycles. The molecule has 0 saturated heterocycles. The van der Waals surface area contributed by atoms with Crippen LogP contribution in [-0.4, -0.2) is 22.7 Å². The minimum Gasteiger partial charge on any atom is -0.369 e. The van der Waals surface area contributed by atoms with Crippen molar-refractivity contribution in [3.8, 4) is 0 Å². The van der Waals surface area contributed by atoms with Crippen molar-refractivity contribution in [2.45, 2.75) is 45.7 Å². The van der Waals surface area contributed by atoms with Crippen LogP contribution in [-0.2, 0) is 6.42 Å². The molecule has 0 bridgehead atoms. The first-order chi connectivity index (χ1) is 8.74. The quantitative estimate of drug-likeness (QED) is 0.869. The Hall–Kier alpha value is -0.850. The Morgan fingerprint density at radius 3 is 2.37 bits per heavy atom. The SMILES string of the molecule is CCNc1nc(CCC(F)(F)F)nc(C(C)C)c1Br. The largest absolute Gasteiger partial charge is 0.389 e. The van der Waals surface area contributed by atoms with Crippen molar-refractivity contribution in [1.82, 2.24) is 9.97 Å². The van der Waals surface area contributed by atoms with Gasteiger partial charge in [0, 0.05) is 13.0 Å². The van der Waals surface area contributed by atoms with Gasteiger partial charge >= 0.3 is 6.18 Å². The van der Waals surface area contributed by atoms with Gasteiger partial charge in [0.05, 0.1) is 16.6 Å². The van der Waals surface area contributed by atoms with Gasteiger partial charge in [0.25, 0.3) is 0 Å². The summed E-state index contributed by atoms with van der Waals surface area (Å²) in [7, 11) is 0. The topological polar surface area (TPSA) is 37.8 Å². The summed E-state index contributed by atoms with van der Waals surface area (Å²) in [6.07, 6.45) is -5.29. The molecule has 0 aliphatic carbocycles. The van der Waals surface area contributed by atoms with E-state index in [0.717, 1.165) is 10.2 Å². The molecule has 0 unspecified atom stereocenters. The number of nitrogens with zero attached hydrogens (tertiary/aromatic N) is 2. The fraction of sp³-hybridized carbons (Fsp3) is 0.667. The van der Waals surface area contributed by atoms with Crippen molar-refractivity contribution in [2.75, 3.05) is 11.9 Å². The highest BCUT2D eigenvalue weighted by atomic mass is 79.9. The summed E-state index contributed by atoms with van der Waals surface area (Å²) in [4.78, 5) is 8.36. The lowest BCUT2D eigenvalue weighted by Crippen LogP contribution is -2.13. The van der Waals surface area contributed by atoms with E-state index in [9.17, 15) is 13.2 Å². The molecule has 0 spiro atoms. The van der Waals surface area contributed by atoms with Crippen LogP contribution in [0.4, 0.5) is 19.0 Å². The third-order valence-corrected chi connectivity index (χ3v) is 3.23. The monoisotopic (exact) mass is 339 g/mol. The van der Waals surface area contributed by atoms with E-state index in [2.05, 4.69) is 31.2 Å². The average Bonchev–Trinajstić information content (AvgIpc) is 2.28. The van der Waals surface area contributed by atoms with Crippen molar-refractivity contribution >= 4 is 21.7 Å². The van der Waals surface area contributed by atoms with Crippen molar-refractivity contribution in [1.29, 1.82) is 0 Å². The molecule has 0 amide bonds. The smallest absolute Gasteiger partial charge is 0.369 e. The van der Waals surface area contributed by atoms with Gasteiger partial charge in [-0.15, -0.1) is 0 Å². The first-order valence-corrected chi connectivity index (χ1v) is 6.90. The molecule has 0 fully saturated rings. The van der Waals surface area contributed by atoms with Crippen LogP contribution in [0.2, 0.25) is 0 Å². The summed E-state index contributed by atoms with van der Waals surface area (Å²) in [5, 5.41) is 3.03. The van der Waals surface area contributed by atoms with Gasteiger partial charge < -0.3 is 5.32 Å². The van der Waals surface area contributed by atoms with E-state index in [0.29, 0.717) is 12.4 Å². The third kappa shape index (κ3) is 4.97. The summed E-state index contributed by atoms with van der Waals surface area (Å²) >= 11 is 3.40. The molecule has 19 heavy (non-hydrogen) atoms. The van der Waals surface area contributed by atoms with E-state index in [1.54, 1.807) is 0 Å². The average molecular weight is 340 g/mol. The Morgan fingerprint density at radius 2 is 1.89 bits per heavy atom. The number of halogens is 4. The molecule has 0 aliphatic rings. The maximum Gasteiger partial charge on any atom is 0.389 e. The molecule has 0 saturated carbocycles. The Kier molecular flexibility index (Phi) is 5.58. The summed E-state index contributed by atoms with van der Waals surface area (Å²) in [5.41, 5.74) is 0.725. The number of anilines is 1. The lowest BCUT2D eigenvalue weighted by atomic mass is 10.1. The normalized spacial score (nSPS) is 12.0. The van der Waals surface area contributed by atoms with Crippen molar-refractivity contribution in [3.63, 3.8) is 0 Å². The Balaban J connectivity index is 3.04. The molecule has 108 valence electrons. The Bertz CT molecular complexity index is 433. The van der Waals surface area contributed by atoms with E-state index in [1.807, 2.05) is 20.8 Å². The van der Waals surface area contributed by atoms with Crippen LogP contribution in [0, 0.1) is 0 Å². The maximum atomic E-state index is 12.2. The maximum absolute atomic E-state index is 12.2. The van der Waals surface area contributed by atoms with Gasteiger partial charge in [0.1, 0.15) is 11.6 Å². The van der Waals surface area contributed by atoms with E-state index < -0.39 is 12.6 Å². The highest BCUT2D eigenvalue weighted by Gasteiger charge is 2.27. The highest BCUT2D eigenvalue weighted by molar-refractivity contribution is 9.10. The fourth-order valence-electron chi connectivity index (χ4n) is 1.55. The Morgan fingerprint density at radius 1 is 1.26 bits per heavy atom. The summed E-state index contributed by atoms with van der Waals surface area (Å²) < 4.78 is 37.5. The number of nitrogens with one attached hydrogen (secondary N) is 1. The van der Waals surface area contributed by atoms with Gasteiger partial charge in [0.2, 0.25) is 0 Å². The molecular weight excluding hydrogens is 323 g/mol. The molecule has 0 aliphatic heterocycles. The van der Waals surface area contributed by atoms with Gasteiger partial charge in [-0.25, -0.2) is 9.97 Å². The summed E-state index contributed by atoms with van der Waals surface area (Å²) in [6.45, 7) is 6.43. The number of alkyl halides is 3. The standard InChI is InChI=1S/C12H17BrF3N3/c1-4-17-11-9(13)10(7(2)3)18-8(19-11)5-6-12(14,15)16/h7H,4-6H2,1-3H3,(H,17,18,19). The molecule has 0 aromatic carbocycles. The molecule has 0 atom stereocenters. The second kappa shape index (κ2) is 6.54. The predicted molar refractivity (Wildman–Crippen MR) is 72.4 cm³/mol. The van der Waals surface area contributed by atoms with Gasteiger partial charge in [-0.3, -0.25) is 0 Å². The van der Waals surface area contributed by atoms with Gasteiger partial charge in [-0.1, -0.05) is 13.8 Å². The first-order valence-electron chi connectivity index (χ1n) is 6.11. The van der Waals surface area contributed by atoms with Crippen LogP contribution >= 0.6 is 15.9 Å². The van der Waals surface area contributed by atoms with Crippen molar-refractivity contribution < 1.29 is 13.2 Å². The van der Waals surface area contributed by atoms with Crippen LogP contribution in [0.15, 0.2) is 4.47 Å². The predicted octanol–water partition coefficient (Wildman–Crippen LogP) is 4.29. The van der Waals surface area contributed by atoms with E-state index in [4.69, 9.17) is 0 Å². The van der Waals surface area contributed by atoms with E-state index in [-0.39, 0.29) is 18.2 Å². The molecule has 1 aromatic rings. The van der Waals surface area contributed by atoms with Crippen LogP contribution < -0.4 is 5.32 Å². The van der Waals surface area contributed by atoms with Gasteiger partial charge in [0.15, 0.2) is 0 Å². The molecule has 1 heterocycles. The van der Waals surface area contributed by atoms with Crippen LogP contribution in [0.5, 0.6) is 0 Å². The minimum absolute atomic E-state index is 0.111. The van der Waals surface area contributed by atoms with Crippen LogP contribution in [0.1, 0.15) is 44.6 Å². The van der Waals surface area contributed by atoms with Gasteiger partial charge in [-0.05, 0) is 28.8 Å². The molecule has 1 rings (SSSR count). The van der Waals surface area contributed by atoms with E-state index in [1.165, 1.54) is 0 Å². The second-order valence-corrected chi connectivity index (χ2v) is 5.28. The Labute approximate surface area is 119 Å². The second-order valence-electron chi connectivity index (χ2n) is 4.49. The lowest BCUT2D eigenvalue weighted by molar-refractivity contribution is -0.134. The third-order valence-electron chi connectivity index (χ3n) is 2.45. The molecule has 1 N–H and O–H groups in total. The van der Waals surface area contributed by atoms with E-state index >= 15 is 0 Å². The molecular formula is C12H17BrF3N3. The number of hydrogen-bond donors (Lipinski definition) is 1. The number of rotatable bonds is 5. The van der Waals surface area contributed by atoms with Crippen LogP contribution in [0.3, 0.4) is 0 Å². The van der Waals surface area contributed by atoms with Gasteiger partial charge in [-0.2, -0.15) is 13.2 Å². The number of hydrogen-bond acceptors (Lipinski definition) is 3. The van der Waals surface area contributed by atoms with Crippen molar-refractivity contribution in [3.05, 3.63) is 16.0 Å². The summed E-state index contributed by atoms with van der Waals surface area (Å²) in [5.74, 6) is 0.887. The molecule has 7 heteroatoms. The fourth-order valence-corrected chi connectivity index (χ4v) is 2.32. The lowest BCUT2D eigenvalue weighted by Gasteiger charge is -2.14. The zero-order valence-electron chi connectivity index (χ0n) is 11.1. The molecule has 3 nitrogen and oxygen atoms in total. The molecule has 0 radical (unpaired) electrons. The minimum atomic E-state index is -4.19. The van der Waals surface area contributed by atoms with Crippen molar-refractivity contribution in [2.24, 2.45) is 0 Å². The number of aromatic nitrogens is 2. The summed E-state index contributed by atoms with van der Waals surface area (Å²) in [6, 6.07) is 0. The first kappa shape index (κ1) is 16.2. The number of aryl methyl sites for hydroxylation is 1. The highest BCUT2D eigenvalue weighted by Crippen LogP contribution is 2.30. The van der Waals surface area contributed by atoms with Crippen LogP contribution in [0.25, 0.3) is 0 Å². The zero-order chi connectivity index (χ0) is 14.6.